The summed E-state index contributed by atoms with van der Waals surface area (Å²) in [6.45, 7) is 5.93. The Kier molecular flexibility index (Phi) is 13.7. The maximum absolute atomic E-state index is 13.3. The topological polar surface area (TPSA) is 239 Å². The van der Waals surface area contributed by atoms with Crippen LogP contribution in [0.25, 0.3) is 0 Å². The average molecular weight is 830 g/mol. The highest BCUT2D eigenvalue weighted by atomic mass is 16.7. The van der Waals surface area contributed by atoms with Crippen molar-refractivity contribution in [2.75, 3.05) is 18.3 Å². The van der Waals surface area contributed by atoms with Crippen molar-refractivity contribution in [3.63, 3.8) is 0 Å². The summed E-state index contributed by atoms with van der Waals surface area (Å²) >= 11 is 0. The van der Waals surface area contributed by atoms with E-state index in [0.29, 0.717) is 40.3 Å². The number of nitrogens with zero attached hydrogens (tertiary/aromatic N) is 4. The van der Waals surface area contributed by atoms with Gasteiger partial charge in [0.25, 0.3) is 17.1 Å². The average Bonchev–Trinajstić information content (AvgIpc) is 3.21. The smallest absolute Gasteiger partial charge is 0.270 e. The lowest BCUT2D eigenvalue weighted by molar-refractivity contribution is -0.385. The van der Waals surface area contributed by atoms with Crippen LogP contribution in [0.2, 0.25) is 0 Å². The summed E-state index contributed by atoms with van der Waals surface area (Å²) < 4.78 is 23.7. The highest BCUT2D eigenvalue weighted by Crippen LogP contribution is 2.39. The number of nitro benzene ring substituents is 3. The number of rotatable bonds is 17. The second kappa shape index (κ2) is 19.0. The summed E-state index contributed by atoms with van der Waals surface area (Å²) in [4.78, 5) is 48.3. The fourth-order valence-corrected chi connectivity index (χ4v) is 8.06. The van der Waals surface area contributed by atoms with E-state index >= 15 is 0 Å². The number of fused-ring (bicyclic) bond motifs is 1. The van der Waals surface area contributed by atoms with Crippen molar-refractivity contribution in [3.05, 3.63) is 125 Å². The number of hydrogen-bond acceptors (Lipinski definition) is 14. The quantitative estimate of drug-likeness (QED) is 0.0687. The van der Waals surface area contributed by atoms with Crippen molar-refractivity contribution >= 4 is 28.7 Å². The summed E-state index contributed by atoms with van der Waals surface area (Å²) in [5.74, 6) is 1.01. The predicted octanol–water partition coefficient (Wildman–Crippen LogP) is 7.57. The first-order valence-corrected chi connectivity index (χ1v) is 19.5. The van der Waals surface area contributed by atoms with Gasteiger partial charge in [0.2, 0.25) is 5.91 Å². The predicted molar refractivity (Wildman–Crippen MR) is 216 cm³/mol. The van der Waals surface area contributed by atoms with Crippen molar-refractivity contribution in [1.82, 2.24) is 5.32 Å². The Labute approximate surface area is 345 Å². The number of carbonyl (C=O) groups excluding carboxylic acids is 1. The molecule has 1 heterocycles. The van der Waals surface area contributed by atoms with Gasteiger partial charge < -0.3 is 39.4 Å². The standard InChI is InChI=1S/C42H47N5O13/c1-25(2)41-26(3)5-4-6-39(41)59-23-40(50)43-18-27-13-35(17-31-21-57-24-60-42(27)31)44(19-28-14-32(45(51)52)7-10-36(28)48)20-29-15-34(47(55)56)9-12-38(29)58-22-30-16-33(46(53)54)8-11-37(30)49/h7-17,25-26,39,41,48-49H,4-6,18-24H2,1-3H3,(H,43,50). The Bertz CT molecular complexity index is 2250. The Morgan fingerprint density at radius 1 is 0.850 bits per heavy atom. The first kappa shape index (κ1) is 43.1. The number of anilines is 1. The van der Waals surface area contributed by atoms with E-state index in [0.717, 1.165) is 43.5 Å². The largest absolute Gasteiger partial charge is 0.508 e. The fraction of sp³-hybridized carbons (Fsp3) is 0.405. The lowest BCUT2D eigenvalue weighted by Crippen LogP contribution is -2.39. The first-order chi connectivity index (χ1) is 28.7. The zero-order valence-electron chi connectivity index (χ0n) is 33.4. The summed E-state index contributed by atoms with van der Waals surface area (Å²) in [5, 5.41) is 59.5. The van der Waals surface area contributed by atoms with E-state index in [2.05, 4.69) is 26.1 Å². The minimum Gasteiger partial charge on any atom is -0.508 e. The molecule has 1 saturated carbocycles. The van der Waals surface area contributed by atoms with Crippen LogP contribution in [0.3, 0.4) is 0 Å². The number of hydrogen-bond donors (Lipinski definition) is 3. The Morgan fingerprint density at radius 2 is 1.47 bits per heavy atom. The monoisotopic (exact) mass is 829 g/mol. The molecule has 3 atom stereocenters. The van der Waals surface area contributed by atoms with Gasteiger partial charge >= 0.3 is 0 Å². The van der Waals surface area contributed by atoms with Gasteiger partial charge in [0.1, 0.15) is 36.2 Å². The molecular weight excluding hydrogens is 782 g/mol. The highest BCUT2D eigenvalue weighted by molar-refractivity contribution is 5.77. The third kappa shape index (κ3) is 10.4. The van der Waals surface area contributed by atoms with E-state index in [1.807, 2.05) is 0 Å². The lowest BCUT2D eigenvalue weighted by Gasteiger charge is -2.38. The van der Waals surface area contributed by atoms with E-state index in [-0.39, 0.29) is 109 Å². The molecule has 1 aliphatic carbocycles. The van der Waals surface area contributed by atoms with Gasteiger partial charge in [0, 0.05) is 89.5 Å². The third-order valence-electron chi connectivity index (χ3n) is 11.0. The molecule has 4 aromatic rings. The van der Waals surface area contributed by atoms with E-state index in [1.54, 1.807) is 17.0 Å². The van der Waals surface area contributed by atoms with Crippen LogP contribution in [0.15, 0.2) is 66.7 Å². The second-order valence-electron chi connectivity index (χ2n) is 15.4. The zero-order chi connectivity index (χ0) is 43.1. The summed E-state index contributed by atoms with van der Waals surface area (Å²) in [6.07, 6.45) is 3.01. The van der Waals surface area contributed by atoms with Gasteiger partial charge in [-0.1, -0.05) is 33.6 Å². The van der Waals surface area contributed by atoms with Crippen LogP contribution in [0.5, 0.6) is 23.0 Å². The van der Waals surface area contributed by atoms with E-state index in [9.17, 15) is 45.4 Å². The minimum absolute atomic E-state index is 0.0286. The number of phenolic OH excluding ortho intramolecular Hbond substituents is 2. The summed E-state index contributed by atoms with van der Waals surface area (Å²) in [7, 11) is 0. The van der Waals surface area contributed by atoms with Crippen molar-refractivity contribution in [2.24, 2.45) is 17.8 Å². The molecule has 18 nitrogen and oxygen atoms in total. The molecule has 1 fully saturated rings. The number of nitrogens with one attached hydrogen (secondary N) is 1. The Morgan fingerprint density at radius 3 is 2.13 bits per heavy atom. The van der Waals surface area contributed by atoms with Crippen molar-refractivity contribution in [2.45, 2.75) is 79.0 Å². The molecule has 4 aromatic carbocycles. The molecule has 3 N–H and O–H groups in total. The molecule has 0 saturated heterocycles. The molecule has 0 spiro atoms. The second-order valence-corrected chi connectivity index (χ2v) is 15.4. The molecule has 18 heteroatoms. The van der Waals surface area contributed by atoms with Gasteiger partial charge in [0.05, 0.1) is 27.5 Å². The SMILES string of the molecule is CC(C)C1C(C)CCCC1OCC(=O)NCc1cc(N(Cc2cc([N+](=O)[O-])ccc2O)Cc2cc([N+](=O)[O-])ccc2OCc2cc([N+](=O)[O-])ccc2O)cc2c1OCOC2. The molecule has 1 amide bonds. The van der Waals surface area contributed by atoms with Crippen LogP contribution < -0.4 is 19.7 Å². The summed E-state index contributed by atoms with van der Waals surface area (Å²) in [6, 6.07) is 14.4. The van der Waals surface area contributed by atoms with Gasteiger partial charge in [-0.2, -0.15) is 0 Å². The number of carbonyl (C=O) groups is 1. The number of aromatic hydroxyl groups is 2. The molecule has 3 unspecified atom stereocenters. The lowest BCUT2D eigenvalue weighted by atomic mass is 9.72. The molecule has 318 valence electrons. The molecule has 0 aromatic heterocycles. The van der Waals surface area contributed by atoms with Crippen LogP contribution in [0, 0.1) is 48.1 Å². The number of benzene rings is 4. The van der Waals surface area contributed by atoms with Crippen LogP contribution in [0.1, 0.15) is 67.9 Å². The van der Waals surface area contributed by atoms with E-state index in [4.69, 9.17) is 18.9 Å². The van der Waals surface area contributed by atoms with Crippen molar-refractivity contribution in [1.29, 1.82) is 0 Å². The molecule has 2 aliphatic rings. The van der Waals surface area contributed by atoms with Crippen LogP contribution in [-0.2, 0) is 47.1 Å². The van der Waals surface area contributed by atoms with Gasteiger partial charge in [0.15, 0.2) is 6.79 Å². The number of non-ortho nitro benzene ring substituents is 3. The Hall–Kier alpha value is -6.53. The van der Waals surface area contributed by atoms with E-state index < -0.39 is 14.8 Å². The third-order valence-corrected chi connectivity index (χ3v) is 11.0. The highest BCUT2D eigenvalue weighted by Gasteiger charge is 2.34. The number of nitro groups is 3. The molecule has 0 bridgehead atoms. The number of phenols is 2. The molecular formula is C42H47N5O13. The molecule has 60 heavy (non-hydrogen) atoms. The van der Waals surface area contributed by atoms with Crippen LogP contribution in [-0.4, -0.2) is 50.4 Å². The fourth-order valence-electron chi connectivity index (χ4n) is 8.06. The van der Waals surface area contributed by atoms with Crippen molar-refractivity contribution in [3.8, 4) is 23.0 Å². The molecule has 6 rings (SSSR count). The zero-order valence-corrected chi connectivity index (χ0v) is 33.4. The van der Waals surface area contributed by atoms with Crippen molar-refractivity contribution < 1.29 is 48.7 Å². The van der Waals surface area contributed by atoms with Gasteiger partial charge in [-0.15, -0.1) is 0 Å². The molecule has 1 aliphatic heterocycles. The summed E-state index contributed by atoms with van der Waals surface area (Å²) in [5.41, 5.74) is 1.31. The number of amides is 1. The Balaban J connectivity index is 1.33. The van der Waals surface area contributed by atoms with Crippen LogP contribution in [0.4, 0.5) is 22.7 Å². The van der Waals surface area contributed by atoms with E-state index in [1.165, 1.54) is 30.3 Å². The minimum atomic E-state index is -0.622. The molecule has 0 radical (unpaired) electrons. The number of ether oxygens (including phenoxy) is 4. The maximum atomic E-state index is 13.3. The van der Waals surface area contributed by atoms with Gasteiger partial charge in [-0.3, -0.25) is 35.1 Å². The maximum Gasteiger partial charge on any atom is 0.270 e. The normalized spacial score (nSPS) is 17.3. The van der Waals surface area contributed by atoms with Gasteiger partial charge in [-0.25, -0.2) is 0 Å². The first-order valence-electron chi connectivity index (χ1n) is 19.5. The van der Waals surface area contributed by atoms with Gasteiger partial charge in [-0.05, 0) is 54.5 Å². The van der Waals surface area contributed by atoms with Crippen LogP contribution >= 0.6 is 0 Å².